The summed E-state index contributed by atoms with van der Waals surface area (Å²) in [6.07, 6.45) is 4.94. The summed E-state index contributed by atoms with van der Waals surface area (Å²) >= 11 is 0. The number of nitrogens with zero attached hydrogens (tertiary/aromatic N) is 1. The molecule has 1 saturated carbocycles. The van der Waals surface area contributed by atoms with Crippen LogP contribution in [0.15, 0.2) is 23.2 Å². The summed E-state index contributed by atoms with van der Waals surface area (Å²) in [4.78, 5) is 4.21. The Balaban J connectivity index is 0.00000242. The zero-order valence-electron chi connectivity index (χ0n) is 13.2. The number of hydrogen-bond donors (Lipinski definition) is 2. The molecule has 1 aliphatic carbocycles. The number of hydrogen-bond acceptors (Lipinski definition) is 2. The molecule has 22 heavy (non-hydrogen) atoms. The Morgan fingerprint density at radius 3 is 2.68 bits per heavy atom. The predicted octanol–water partition coefficient (Wildman–Crippen LogP) is 3.45. The van der Waals surface area contributed by atoms with E-state index in [1.165, 1.54) is 31.7 Å². The van der Waals surface area contributed by atoms with Crippen molar-refractivity contribution in [2.24, 2.45) is 4.99 Å². The second kappa shape index (κ2) is 9.86. The van der Waals surface area contributed by atoms with Gasteiger partial charge in [-0.15, -0.1) is 24.0 Å². The van der Waals surface area contributed by atoms with Gasteiger partial charge in [0.2, 0.25) is 0 Å². The molecule has 2 N–H and O–H groups in total. The van der Waals surface area contributed by atoms with Gasteiger partial charge in [-0.2, -0.15) is 0 Å². The van der Waals surface area contributed by atoms with Crippen LogP contribution in [0.4, 0.5) is 4.39 Å². The fourth-order valence-corrected chi connectivity index (χ4v) is 2.57. The minimum Gasteiger partial charge on any atom is -0.491 e. The number of ether oxygens (including phenoxy) is 1. The van der Waals surface area contributed by atoms with Gasteiger partial charge in [-0.25, -0.2) is 4.39 Å². The summed E-state index contributed by atoms with van der Waals surface area (Å²) in [7, 11) is 1.75. The lowest BCUT2D eigenvalue weighted by atomic mass is 10.2. The van der Waals surface area contributed by atoms with E-state index in [1.807, 2.05) is 13.0 Å². The highest BCUT2D eigenvalue weighted by Gasteiger charge is 2.15. The average Bonchev–Trinajstić information content (AvgIpc) is 2.99. The van der Waals surface area contributed by atoms with Crippen molar-refractivity contribution >= 4 is 29.9 Å². The van der Waals surface area contributed by atoms with Crippen LogP contribution < -0.4 is 15.4 Å². The van der Waals surface area contributed by atoms with E-state index in [-0.39, 0.29) is 29.8 Å². The van der Waals surface area contributed by atoms with Gasteiger partial charge in [0.25, 0.3) is 0 Å². The maximum Gasteiger partial charge on any atom is 0.191 e. The van der Waals surface area contributed by atoms with Gasteiger partial charge >= 0.3 is 0 Å². The van der Waals surface area contributed by atoms with Gasteiger partial charge < -0.3 is 15.4 Å². The van der Waals surface area contributed by atoms with Crippen molar-refractivity contribution in [2.45, 2.75) is 45.2 Å². The molecule has 6 heteroatoms. The number of benzene rings is 1. The summed E-state index contributed by atoms with van der Waals surface area (Å²) < 4.78 is 19.0. The lowest BCUT2D eigenvalue weighted by molar-refractivity contribution is 0.321. The van der Waals surface area contributed by atoms with Crippen molar-refractivity contribution in [1.29, 1.82) is 0 Å². The maximum absolute atomic E-state index is 13.8. The van der Waals surface area contributed by atoms with Gasteiger partial charge in [0.15, 0.2) is 17.5 Å². The molecule has 0 aromatic heterocycles. The molecule has 0 bridgehead atoms. The molecule has 0 radical (unpaired) electrons. The standard InChI is InChI=1S/C16H24FN3O.HI/c1-3-21-15-9-8-12(10-14(15)17)11-19-16(18-2)20-13-6-4-5-7-13;/h8-10,13H,3-7,11H2,1-2H3,(H2,18,19,20);1H. The molecule has 1 aromatic carbocycles. The minimum atomic E-state index is -0.324. The highest BCUT2D eigenvalue weighted by Crippen LogP contribution is 2.19. The Hall–Kier alpha value is -1.05. The molecule has 124 valence electrons. The Labute approximate surface area is 148 Å². The van der Waals surface area contributed by atoms with Crippen molar-refractivity contribution in [1.82, 2.24) is 10.6 Å². The fourth-order valence-electron chi connectivity index (χ4n) is 2.57. The van der Waals surface area contributed by atoms with Crippen molar-refractivity contribution < 1.29 is 9.13 Å². The van der Waals surface area contributed by atoms with Gasteiger partial charge in [0.1, 0.15) is 0 Å². The van der Waals surface area contributed by atoms with Crippen molar-refractivity contribution in [3.63, 3.8) is 0 Å². The topological polar surface area (TPSA) is 45.6 Å². The molecule has 0 saturated heterocycles. The first kappa shape index (κ1) is 19.0. The van der Waals surface area contributed by atoms with Crippen molar-refractivity contribution in [3.8, 4) is 5.75 Å². The van der Waals surface area contributed by atoms with Crippen LogP contribution in [-0.4, -0.2) is 25.7 Å². The van der Waals surface area contributed by atoms with E-state index in [1.54, 1.807) is 13.1 Å². The summed E-state index contributed by atoms with van der Waals surface area (Å²) in [5.41, 5.74) is 0.866. The van der Waals surface area contributed by atoms with E-state index in [2.05, 4.69) is 15.6 Å². The second-order valence-corrected chi connectivity index (χ2v) is 5.25. The largest absolute Gasteiger partial charge is 0.491 e. The first-order valence-electron chi connectivity index (χ1n) is 7.61. The number of nitrogens with one attached hydrogen (secondary N) is 2. The third kappa shape index (κ3) is 5.62. The highest BCUT2D eigenvalue weighted by molar-refractivity contribution is 14.0. The zero-order chi connectivity index (χ0) is 15.1. The van der Waals surface area contributed by atoms with E-state index in [0.717, 1.165) is 11.5 Å². The smallest absolute Gasteiger partial charge is 0.191 e. The van der Waals surface area contributed by atoms with Gasteiger partial charge in [0, 0.05) is 19.6 Å². The number of guanidine groups is 1. The Kier molecular flexibility index (Phi) is 8.52. The summed E-state index contributed by atoms with van der Waals surface area (Å²) in [5.74, 6) is 0.751. The first-order valence-corrected chi connectivity index (χ1v) is 7.61. The highest BCUT2D eigenvalue weighted by atomic mass is 127. The first-order chi connectivity index (χ1) is 10.2. The number of halogens is 2. The van der Waals surface area contributed by atoms with Crippen LogP contribution >= 0.6 is 24.0 Å². The van der Waals surface area contributed by atoms with E-state index in [0.29, 0.717) is 24.9 Å². The molecular formula is C16H25FIN3O. The van der Waals surface area contributed by atoms with Crippen LogP contribution in [0.3, 0.4) is 0 Å². The lowest BCUT2D eigenvalue weighted by Crippen LogP contribution is -2.41. The van der Waals surface area contributed by atoms with Gasteiger partial charge in [-0.05, 0) is 37.5 Å². The van der Waals surface area contributed by atoms with E-state index in [9.17, 15) is 4.39 Å². The van der Waals surface area contributed by atoms with Crippen molar-refractivity contribution in [3.05, 3.63) is 29.6 Å². The quantitative estimate of drug-likeness (QED) is 0.435. The lowest BCUT2D eigenvalue weighted by Gasteiger charge is -2.17. The van der Waals surface area contributed by atoms with Gasteiger partial charge in [-0.1, -0.05) is 18.9 Å². The molecule has 0 aliphatic heterocycles. The molecule has 1 aromatic rings. The molecule has 0 amide bonds. The number of aliphatic imine (C=N–C) groups is 1. The monoisotopic (exact) mass is 421 g/mol. The predicted molar refractivity (Wildman–Crippen MR) is 98.6 cm³/mol. The zero-order valence-corrected chi connectivity index (χ0v) is 15.5. The summed E-state index contributed by atoms with van der Waals surface area (Å²) in [6, 6.07) is 5.54. The molecule has 0 unspecified atom stereocenters. The maximum atomic E-state index is 13.8. The Bertz CT molecular complexity index is 490. The second-order valence-electron chi connectivity index (χ2n) is 5.25. The molecule has 4 nitrogen and oxygen atoms in total. The van der Waals surface area contributed by atoms with Crippen LogP contribution in [0.1, 0.15) is 38.2 Å². The van der Waals surface area contributed by atoms with Crippen molar-refractivity contribution in [2.75, 3.05) is 13.7 Å². The Morgan fingerprint density at radius 2 is 2.09 bits per heavy atom. The van der Waals surface area contributed by atoms with E-state index in [4.69, 9.17) is 4.74 Å². The summed E-state index contributed by atoms with van der Waals surface area (Å²) in [5, 5.41) is 6.63. The van der Waals surface area contributed by atoms with Crippen LogP contribution in [-0.2, 0) is 6.54 Å². The number of rotatable bonds is 5. The molecule has 2 rings (SSSR count). The molecule has 1 aliphatic rings. The average molecular weight is 421 g/mol. The van der Waals surface area contributed by atoms with Crippen LogP contribution in [0.2, 0.25) is 0 Å². The van der Waals surface area contributed by atoms with Gasteiger partial charge in [0.05, 0.1) is 6.61 Å². The van der Waals surface area contributed by atoms with Crippen LogP contribution in [0, 0.1) is 5.82 Å². The molecule has 0 spiro atoms. The van der Waals surface area contributed by atoms with Gasteiger partial charge in [-0.3, -0.25) is 4.99 Å². The Morgan fingerprint density at radius 1 is 1.36 bits per heavy atom. The molecular weight excluding hydrogens is 396 g/mol. The fraction of sp³-hybridized carbons (Fsp3) is 0.562. The SMILES string of the molecule is CCOc1ccc(CNC(=NC)NC2CCCC2)cc1F.I. The third-order valence-electron chi connectivity index (χ3n) is 3.68. The van der Waals surface area contributed by atoms with Crippen LogP contribution in [0.25, 0.3) is 0 Å². The minimum absolute atomic E-state index is 0. The molecule has 0 atom stereocenters. The van der Waals surface area contributed by atoms with E-state index < -0.39 is 0 Å². The third-order valence-corrected chi connectivity index (χ3v) is 3.68. The normalized spacial score (nSPS) is 15.3. The van der Waals surface area contributed by atoms with Crippen LogP contribution in [0.5, 0.6) is 5.75 Å². The summed E-state index contributed by atoms with van der Waals surface area (Å²) in [6.45, 7) is 2.84. The molecule has 0 heterocycles. The molecule has 1 fully saturated rings. The van der Waals surface area contributed by atoms with E-state index >= 15 is 0 Å².